The minimum Gasteiger partial charge on any atom is -0.390 e. The minimum atomic E-state index is -0.469. The van der Waals surface area contributed by atoms with Gasteiger partial charge in [-0.3, -0.25) is 9.48 Å². The van der Waals surface area contributed by atoms with E-state index in [1.54, 1.807) is 0 Å². The number of hydrogen-bond donors (Lipinski definition) is 1. The maximum Gasteiger partial charge on any atom is 0.161 e. The van der Waals surface area contributed by atoms with E-state index in [2.05, 4.69) is 18.9 Å². The molecule has 5 heteroatoms. The highest BCUT2D eigenvalue weighted by atomic mass is 19.1. The molecule has 31 heavy (non-hydrogen) atoms. The molecule has 1 heterocycles. The van der Waals surface area contributed by atoms with Crippen LogP contribution in [0.2, 0.25) is 0 Å². The Morgan fingerprint density at radius 2 is 1.87 bits per heavy atom. The number of fused-ring (bicyclic) bond motifs is 7. The Morgan fingerprint density at radius 3 is 2.61 bits per heavy atom. The Morgan fingerprint density at radius 1 is 1.10 bits per heavy atom. The average molecular weight is 429 g/mol. The summed E-state index contributed by atoms with van der Waals surface area (Å²) in [6.07, 6.45) is 11.7. The molecule has 170 valence electrons. The molecular weight excluding hydrogens is 391 g/mol. The molecule has 10 atom stereocenters. The molecule has 1 aromatic rings. The van der Waals surface area contributed by atoms with Crippen molar-refractivity contribution in [2.45, 2.75) is 84.3 Å². The average Bonchev–Trinajstić information content (AvgIpc) is 3.06. The van der Waals surface area contributed by atoms with Gasteiger partial charge in [0, 0.05) is 5.92 Å². The lowest BCUT2D eigenvalue weighted by atomic mass is 9.47. The molecule has 5 aliphatic rings. The summed E-state index contributed by atoms with van der Waals surface area (Å²) in [5.74, 6) is 4.29. The van der Waals surface area contributed by atoms with Crippen LogP contribution in [-0.2, 0) is 11.3 Å². The van der Waals surface area contributed by atoms with Gasteiger partial charge in [-0.2, -0.15) is 5.10 Å². The summed E-state index contributed by atoms with van der Waals surface area (Å²) in [5, 5.41) is 14.7. The van der Waals surface area contributed by atoms with Crippen LogP contribution in [0.4, 0.5) is 4.39 Å². The van der Waals surface area contributed by atoms with E-state index in [1.165, 1.54) is 49.2 Å². The van der Waals surface area contributed by atoms with E-state index in [0.717, 1.165) is 37.0 Å². The fourth-order valence-corrected chi connectivity index (χ4v) is 9.90. The third-order valence-corrected chi connectivity index (χ3v) is 10.9. The van der Waals surface area contributed by atoms with Crippen LogP contribution in [0.5, 0.6) is 0 Å². The Balaban J connectivity index is 1.26. The number of hydrogen-bond acceptors (Lipinski definition) is 3. The number of aliphatic hydroxyl groups is 1. The highest BCUT2D eigenvalue weighted by molar-refractivity contribution is 5.84. The van der Waals surface area contributed by atoms with Crippen molar-refractivity contribution in [2.24, 2.45) is 52.3 Å². The summed E-state index contributed by atoms with van der Waals surface area (Å²) in [5.41, 5.74) is -0.262. The molecule has 1 unspecified atom stereocenters. The first-order valence-electron chi connectivity index (χ1n) is 12.6. The van der Waals surface area contributed by atoms with Crippen molar-refractivity contribution >= 4 is 5.78 Å². The Bertz CT molecular complexity index is 911. The molecule has 1 aromatic heterocycles. The number of aromatic nitrogens is 2. The molecule has 0 saturated heterocycles. The SMILES string of the molecule is CC12C[C@H]1[C@H]1[C@@H]3CC[C@@H]4C[C@](C)(O)CC[C@@H]4[C@H]3CC[C@]1(C)[C@H]2C(=O)Cn1cc(F)cn1. The normalized spacial score (nSPS) is 52.6. The first-order valence-corrected chi connectivity index (χ1v) is 12.6. The van der Waals surface area contributed by atoms with E-state index in [0.29, 0.717) is 17.8 Å². The van der Waals surface area contributed by atoms with Gasteiger partial charge in [0.05, 0.1) is 24.5 Å². The van der Waals surface area contributed by atoms with Crippen LogP contribution in [0.1, 0.15) is 72.1 Å². The predicted molar refractivity (Wildman–Crippen MR) is 115 cm³/mol. The lowest BCUT2D eigenvalue weighted by molar-refractivity contribution is -0.138. The molecule has 0 radical (unpaired) electrons. The standard InChI is InChI=1S/C26H37FN2O2/c1-24(31)8-6-17-15(10-24)4-5-19-18(17)7-9-25(2)22(19)20-11-26(20,3)23(25)21(30)14-29-13-16(27)12-28-29/h12-13,15,17-20,22-23,31H,4-11,14H2,1-3H3/t15-,17+,18-,19-,20+,22-,23-,24-,25+,26?/m1/s1. The van der Waals surface area contributed by atoms with Crippen molar-refractivity contribution in [3.05, 3.63) is 18.2 Å². The van der Waals surface area contributed by atoms with Gasteiger partial charge >= 0.3 is 0 Å². The molecule has 6 rings (SSSR count). The molecule has 0 spiro atoms. The van der Waals surface area contributed by atoms with Gasteiger partial charge in [-0.25, -0.2) is 4.39 Å². The van der Waals surface area contributed by atoms with Crippen LogP contribution in [0.15, 0.2) is 12.4 Å². The third-order valence-electron chi connectivity index (χ3n) is 10.9. The summed E-state index contributed by atoms with van der Waals surface area (Å²) >= 11 is 0. The fourth-order valence-electron chi connectivity index (χ4n) is 9.90. The number of nitrogens with zero attached hydrogens (tertiary/aromatic N) is 2. The zero-order valence-corrected chi connectivity index (χ0v) is 19.2. The predicted octanol–water partition coefficient (Wildman–Crippen LogP) is 4.86. The van der Waals surface area contributed by atoms with Crippen molar-refractivity contribution < 1.29 is 14.3 Å². The van der Waals surface area contributed by atoms with E-state index in [-0.39, 0.29) is 34.9 Å². The number of rotatable bonds is 3. The van der Waals surface area contributed by atoms with E-state index >= 15 is 0 Å². The molecule has 0 aromatic carbocycles. The lowest BCUT2D eigenvalue weighted by Gasteiger charge is -2.57. The quantitative estimate of drug-likeness (QED) is 0.748. The van der Waals surface area contributed by atoms with Crippen LogP contribution in [0, 0.1) is 58.1 Å². The third kappa shape index (κ3) is 2.87. The topological polar surface area (TPSA) is 55.1 Å². The Hall–Kier alpha value is -1.23. The van der Waals surface area contributed by atoms with E-state index in [9.17, 15) is 14.3 Å². The number of halogens is 1. The van der Waals surface area contributed by atoms with E-state index < -0.39 is 5.60 Å². The maximum atomic E-state index is 13.6. The zero-order chi connectivity index (χ0) is 21.8. The zero-order valence-electron chi connectivity index (χ0n) is 19.2. The molecule has 5 aliphatic carbocycles. The molecule has 4 nitrogen and oxygen atoms in total. The van der Waals surface area contributed by atoms with Gasteiger partial charge in [0.15, 0.2) is 11.6 Å². The molecule has 0 aliphatic heterocycles. The summed E-state index contributed by atoms with van der Waals surface area (Å²) in [6.45, 7) is 7.00. The van der Waals surface area contributed by atoms with Crippen molar-refractivity contribution in [1.29, 1.82) is 0 Å². The number of carbonyl (C=O) groups excluding carboxylic acids is 1. The van der Waals surface area contributed by atoms with Crippen LogP contribution in [-0.4, -0.2) is 26.3 Å². The second kappa shape index (κ2) is 6.42. The van der Waals surface area contributed by atoms with Gasteiger partial charge in [-0.1, -0.05) is 13.8 Å². The Kier molecular flexibility index (Phi) is 4.22. The molecule has 1 N–H and O–H groups in total. The van der Waals surface area contributed by atoms with Crippen LogP contribution >= 0.6 is 0 Å². The van der Waals surface area contributed by atoms with Gasteiger partial charge in [0.1, 0.15) is 0 Å². The minimum absolute atomic E-state index is 0.0769. The second-order valence-electron chi connectivity index (χ2n) is 12.7. The number of carbonyl (C=O) groups is 1. The summed E-state index contributed by atoms with van der Waals surface area (Å²) in [6, 6.07) is 0. The lowest BCUT2D eigenvalue weighted by Crippen LogP contribution is -2.52. The smallest absolute Gasteiger partial charge is 0.161 e. The highest BCUT2D eigenvalue weighted by Gasteiger charge is 2.76. The van der Waals surface area contributed by atoms with E-state index in [1.807, 2.05) is 6.92 Å². The fraction of sp³-hybridized carbons (Fsp3) is 0.846. The van der Waals surface area contributed by atoms with Crippen molar-refractivity contribution in [2.75, 3.05) is 0 Å². The van der Waals surface area contributed by atoms with Gasteiger partial charge in [-0.05, 0) is 105 Å². The number of ketones is 1. The largest absolute Gasteiger partial charge is 0.390 e. The Labute approximate surface area is 185 Å². The van der Waals surface area contributed by atoms with Crippen molar-refractivity contribution in [3.8, 4) is 0 Å². The van der Waals surface area contributed by atoms with Gasteiger partial charge in [0.25, 0.3) is 0 Å². The molecule has 0 amide bonds. The second-order valence-corrected chi connectivity index (χ2v) is 12.7. The van der Waals surface area contributed by atoms with Crippen molar-refractivity contribution in [3.63, 3.8) is 0 Å². The molecule has 5 fully saturated rings. The maximum absolute atomic E-state index is 13.6. The van der Waals surface area contributed by atoms with Crippen molar-refractivity contribution in [1.82, 2.24) is 9.78 Å². The summed E-state index contributed by atoms with van der Waals surface area (Å²) < 4.78 is 14.9. The highest BCUT2D eigenvalue weighted by Crippen LogP contribution is 2.80. The van der Waals surface area contributed by atoms with E-state index in [4.69, 9.17) is 0 Å². The van der Waals surface area contributed by atoms with Crippen LogP contribution in [0.25, 0.3) is 0 Å². The first kappa shape index (κ1) is 20.4. The summed E-state index contributed by atoms with van der Waals surface area (Å²) in [4.78, 5) is 13.6. The molecule has 5 saturated carbocycles. The number of Topliss-reactive ketones (excluding diaryl/α,β-unsaturated/α-hetero) is 1. The van der Waals surface area contributed by atoms with Crippen LogP contribution < -0.4 is 0 Å². The van der Waals surface area contributed by atoms with Gasteiger partial charge in [-0.15, -0.1) is 0 Å². The summed E-state index contributed by atoms with van der Waals surface area (Å²) in [7, 11) is 0. The van der Waals surface area contributed by atoms with Gasteiger partial charge in [0.2, 0.25) is 0 Å². The molecular formula is C26H37FN2O2. The monoisotopic (exact) mass is 428 g/mol. The van der Waals surface area contributed by atoms with Crippen LogP contribution in [0.3, 0.4) is 0 Å². The first-order chi connectivity index (χ1) is 14.6. The van der Waals surface area contributed by atoms with Gasteiger partial charge < -0.3 is 5.11 Å². The molecule has 0 bridgehead atoms.